The van der Waals surface area contributed by atoms with Crippen molar-refractivity contribution in [3.8, 4) is 0 Å². The van der Waals surface area contributed by atoms with E-state index in [2.05, 4.69) is 21.0 Å². The van der Waals surface area contributed by atoms with Gasteiger partial charge in [-0.05, 0) is 19.8 Å². The molecule has 1 fully saturated rings. The highest BCUT2D eigenvalue weighted by molar-refractivity contribution is 4.63. The lowest BCUT2D eigenvalue weighted by Gasteiger charge is -2.30. The topological polar surface area (TPSA) is 9.23 Å². The molecule has 1 aliphatic rings. The van der Waals surface area contributed by atoms with E-state index >= 15 is 0 Å². The van der Waals surface area contributed by atoms with Crippen molar-refractivity contribution in [1.82, 2.24) is 0 Å². The summed E-state index contributed by atoms with van der Waals surface area (Å²) in [5.74, 6) is 0. The average molecular weight is 158 g/mol. The van der Waals surface area contributed by atoms with Gasteiger partial charge in [-0.3, -0.25) is 0 Å². The summed E-state index contributed by atoms with van der Waals surface area (Å²) in [6.07, 6.45) is 3.06. The number of ether oxygens (including phenoxy) is 1. The predicted molar refractivity (Wildman–Crippen MR) is 46.5 cm³/mol. The molecule has 1 rings (SSSR count). The molecule has 0 aromatic rings. The summed E-state index contributed by atoms with van der Waals surface area (Å²) in [6.45, 7) is 5.58. The van der Waals surface area contributed by atoms with Crippen LogP contribution in [0.2, 0.25) is 0 Å². The molecule has 66 valence electrons. The van der Waals surface area contributed by atoms with Gasteiger partial charge in [0.05, 0.1) is 20.6 Å². The van der Waals surface area contributed by atoms with Crippen LogP contribution in [-0.4, -0.2) is 44.4 Å². The molecule has 0 aromatic heterocycles. The van der Waals surface area contributed by atoms with Gasteiger partial charge in [0, 0.05) is 6.61 Å². The molecular weight excluding hydrogens is 138 g/mol. The molecule has 2 nitrogen and oxygen atoms in total. The van der Waals surface area contributed by atoms with Crippen molar-refractivity contribution in [2.45, 2.75) is 25.9 Å². The van der Waals surface area contributed by atoms with E-state index in [1.54, 1.807) is 0 Å². The molecule has 0 radical (unpaired) electrons. The van der Waals surface area contributed by atoms with Crippen molar-refractivity contribution in [3.63, 3.8) is 0 Å². The number of nitrogens with zero attached hydrogens (tertiary/aromatic N) is 1. The third kappa shape index (κ3) is 2.80. The summed E-state index contributed by atoms with van der Waals surface area (Å²) in [5, 5.41) is 0. The van der Waals surface area contributed by atoms with Crippen LogP contribution in [0.1, 0.15) is 19.8 Å². The maximum Gasteiger partial charge on any atom is 0.106 e. The fourth-order valence-corrected chi connectivity index (χ4v) is 1.47. The van der Waals surface area contributed by atoms with E-state index in [0.717, 1.165) is 11.1 Å². The molecule has 2 heteroatoms. The van der Waals surface area contributed by atoms with E-state index in [0.29, 0.717) is 6.10 Å². The van der Waals surface area contributed by atoms with Crippen LogP contribution in [-0.2, 0) is 4.74 Å². The third-order valence-electron chi connectivity index (χ3n) is 2.58. The third-order valence-corrected chi connectivity index (χ3v) is 2.58. The van der Waals surface area contributed by atoms with E-state index in [9.17, 15) is 0 Å². The molecule has 0 bridgehead atoms. The summed E-state index contributed by atoms with van der Waals surface area (Å²) in [5.41, 5.74) is 0. The Morgan fingerprint density at radius 2 is 2.18 bits per heavy atom. The minimum absolute atomic E-state index is 0.532. The van der Waals surface area contributed by atoms with E-state index in [1.165, 1.54) is 25.9 Å². The Kier molecular flexibility index (Phi) is 2.90. The van der Waals surface area contributed by atoms with Crippen molar-refractivity contribution >= 4 is 0 Å². The highest BCUT2D eigenvalue weighted by Gasteiger charge is 2.23. The molecule has 11 heavy (non-hydrogen) atoms. The SMILES string of the molecule is CC[N+](C)(C)CC1CCCO1. The number of hydrogen-bond acceptors (Lipinski definition) is 1. The lowest BCUT2D eigenvalue weighted by molar-refractivity contribution is -0.891. The van der Waals surface area contributed by atoms with Gasteiger partial charge in [0.1, 0.15) is 12.6 Å². The maximum absolute atomic E-state index is 5.58. The van der Waals surface area contributed by atoms with Crippen molar-refractivity contribution < 1.29 is 9.22 Å². The van der Waals surface area contributed by atoms with Gasteiger partial charge < -0.3 is 9.22 Å². The lowest BCUT2D eigenvalue weighted by Crippen LogP contribution is -2.44. The molecule has 0 aromatic carbocycles. The summed E-state index contributed by atoms with van der Waals surface area (Å²) < 4.78 is 6.66. The summed E-state index contributed by atoms with van der Waals surface area (Å²) in [4.78, 5) is 0. The van der Waals surface area contributed by atoms with Crippen LogP contribution in [0.5, 0.6) is 0 Å². The van der Waals surface area contributed by atoms with Gasteiger partial charge in [0.2, 0.25) is 0 Å². The Morgan fingerprint density at radius 3 is 2.64 bits per heavy atom. The Bertz CT molecular complexity index is 117. The van der Waals surface area contributed by atoms with Crippen molar-refractivity contribution in [1.29, 1.82) is 0 Å². The van der Waals surface area contributed by atoms with E-state index in [1.807, 2.05) is 0 Å². The first-order valence-corrected chi connectivity index (χ1v) is 4.57. The highest BCUT2D eigenvalue weighted by Crippen LogP contribution is 2.14. The molecule has 0 spiro atoms. The Morgan fingerprint density at radius 1 is 1.45 bits per heavy atom. The smallest absolute Gasteiger partial charge is 0.106 e. The Labute approximate surface area is 69.7 Å². The molecule has 0 amide bonds. The number of hydrogen-bond donors (Lipinski definition) is 0. The molecule has 1 unspecified atom stereocenters. The predicted octanol–water partition coefficient (Wildman–Crippen LogP) is 1.26. The minimum Gasteiger partial charge on any atom is -0.372 e. The molecule has 0 N–H and O–H groups in total. The fourth-order valence-electron chi connectivity index (χ4n) is 1.47. The monoisotopic (exact) mass is 158 g/mol. The molecule has 0 aliphatic carbocycles. The van der Waals surface area contributed by atoms with E-state index in [4.69, 9.17) is 4.74 Å². The van der Waals surface area contributed by atoms with Crippen molar-refractivity contribution in [2.75, 3.05) is 33.8 Å². The van der Waals surface area contributed by atoms with Gasteiger partial charge in [-0.15, -0.1) is 0 Å². The van der Waals surface area contributed by atoms with Crippen molar-refractivity contribution in [3.05, 3.63) is 0 Å². The summed E-state index contributed by atoms with van der Waals surface area (Å²) in [6, 6.07) is 0. The summed E-state index contributed by atoms with van der Waals surface area (Å²) in [7, 11) is 4.53. The lowest BCUT2D eigenvalue weighted by atomic mass is 10.2. The molecule has 1 saturated heterocycles. The highest BCUT2D eigenvalue weighted by atomic mass is 16.5. The second-order valence-electron chi connectivity index (χ2n) is 4.07. The minimum atomic E-state index is 0.532. The van der Waals surface area contributed by atoms with Crippen LogP contribution >= 0.6 is 0 Å². The molecule has 1 aliphatic heterocycles. The van der Waals surface area contributed by atoms with Crippen LogP contribution < -0.4 is 0 Å². The van der Waals surface area contributed by atoms with Crippen LogP contribution in [0.15, 0.2) is 0 Å². The zero-order valence-corrected chi connectivity index (χ0v) is 7.97. The zero-order valence-electron chi connectivity index (χ0n) is 7.97. The number of rotatable bonds is 3. The maximum atomic E-state index is 5.58. The quantitative estimate of drug-likeness (QED) is 0.562. The van der Waals surface area contributed by atoms with Crippen LogP contribution in [0.3, 0.4) is 0 Å². The van der Waals surface area contributed by atoms with Crippen LogP contribution in [0, 0.1) is 0 Å². The fraction of sp³-hybridized carbons (Fsp3) is 1.00. The van der Waals surface area contributed by atoms with Crippen molar-refractivity contribution in [2.24, 2.45) is 0 Å². The van der Waals surface area contributed by atoms with E-state index < -0.39 is 0 Å². The Hall–Kier alpha value is -0.0800. The van der Waals surface area contributed by atoms with Gasteiger partial charge in [-0.25, -0.2) is 0 Å². The normalized spacial score (nSPS) is 25.9. The van der Waals surface area contributed by atoms with Crippen LogP contribution in [0.4, 0.5) is 0 Å². The van der Waals surface area contributed by atoms with Gasteiger partial charge in [-0.2, -0.15) is 0 Å². The standard InChI is InChI=1S/C9H20NO/c1-4-10(2,3)8-9-6-5-7-11-9/h9H,4-8H2,1-3H3/q+1. The summed E-state index contributed by atoms with van der Waals surface area (Å²) >= 11 is 0. The average Bonchev–Trinajstić information content (AvgIpc) is 2.39. The zero-order chi connectivity index (χ0) is 8.32. The first-order chi connectivity index (χ1) is 5.14. The van der Waals surface area contributed by atoms with Gasteiger partial charge in [-0.1, -0.05) is 0 Å². The number of likely N-dealkylation sites (N-methyl/N-ethyl adjacent to an activating group) is 1. The van der Waals surface area contributed by atoms with Gasteiger partial charge >= 0.3 is 0 Å². The van der Waals surface area contributed by atoms with Gasteiger partial charge in [0.25, 0.3) is 0 Å². The first kappa shape index (κ1) is 9.01. The Balaban J connectivity index is 2.28. The van der Waals surface area contributed by atoms with Gasteiger partial charge in [0.15, 0.2) is 0 Å². The molecule has 1 heterocycles. The molecular formula is C9H20NO+. The molecule has 1 atom stereocenters. The molecule has 0 saturated carbocycles. The van der Waals surface area contributed by atoms with E-state index in [-0.39, 0.29) is 0 Å². The second-order valence-corrected chi connectivity index (χ2v) is 4.07. The first-order valence-electron chi connectivity index (χ1n) is 4.57. The number of quaternary nitrogens is 1. The second kappa shape index (κ2) is 3.55. The largest absolute Gasteiger partial charge is 0.372 e. The van der Waals surface area contributed by atoms with Crippen LogP contribution in [0.25, 0.3) is 0 Å².